The second-order valence-electron chi connectivity index (χ2n) is 13.6. The molecule has 2 atom stereocenters. The largest absolute Gasteiger partial charge is 0.378 e. The van der Waals surface area contributed by atoms with Crippen LogP contribution in [0.15, 0.2) is 194 Å². The quantitative estimate of drug-likeness (QED) is 0.162. The summed E-state index contributed by atoms with van der Waals surface area (Å²) in [6.07, 6.45) is 13.5. The van der Waals surface area contributed by atoms with Gasteiger partial charge in [0.2, 0.25) is 0 Å². The van der Waals surface area contributed by atoms with Crippen molar-refractivity contribution in [1.82, 2.24) is 0 Å². The number of anilines is 2. The smallest absolute Gasteiger partial charge is 0.0493 e. The molecule has 0 amide bonds. The number of hydrogen-bond donors (Lipinski definition) is 2. The molecular formula is C49H42N2. The molecule has 6 aromatic carbocycles. The molecule has 0 saturated carbocycles. The van der Waals surface area contributed by atoms with Crippen LogP contribution >= 0.6 is 0 Å². The minimum Gasteiger partial charge on any atom is -0.378 e. The molecule has 6 aromatic rings. The lowest BCUT2D eigenvalue weighted by atomic mass is 9.87. The van der Waals surface area contributed by atoms with E-state index >= 15 is 0 Å². The van der Waals surface area contributed by atoms with Gasteiger partial charge in [0.1, 0.15) is 0 Å². The fraction of sp³-hybridized carbons (Fsp3) is 0.102. The van der Waals surface area contributed by atoms with Crippen molar-refractivity contribution in [3.05, 3.63) is 205 Å². The van der Waals surface area contributed by atoms with Gasteiger partial charge in [-0.1, -0.05) is 159 Å². The van der Waals surface area contributed by atoms with Gasteiger partial charge in [-0.2, -0.15) is 0 Å². The molecule has 0 aliphatic heterocycles. The highest BCUT2D eigenvalue weighted by molar-refractivity contribution is 5.89. The number of hydrogen-bond acceptors (Lipinski definition) is 2. The van der Waals surface area contributed by atoms with Crippen molar-refractivity contribution < 1.29 is 0 Å². The minimum absolute atomic E-state index is 0.136. The van der Waals surface area contributed by atoms with Crippen LogP contribution in [0.3, 0.4) is 0 Å². The van der Waals surface area contributed by atoms with Crippen LogP contribution in [-0.2, 0) is 0 Å². The van der Waals surface area contributed by atoms with Crippen LogP contribution < -0.4 is 10.6 Å². The average molecular weight is 659 g/mol. The molecule has 2 nitrogen and oxygen atoms in total. The van der Waals surface area contributed by atoms with Crippen molar-refractivity contribution in [2.45, 2.75) is 25.8 Å². The third-order valence-electron chi connectivity index (χ3n) is 9.82. The molecule has 0 aromatic heterocycles. The molecule has 0 radical (unpaired) electrons. The van der Waals surface area contributed by atoms with Gasteiger partial charge >= 0.3 is 0 Å². The topological polar surface area (TPSA) is 24.1 Å². The third-order valence-corrected chi connectivity index (χ3v) is 9.82. The molecule has 0 fully saturated rings. The zero-order chi connectivity index (χ0) is 34.4. The minimum atomic E-state index is 0.136. The molecule has 2 N–H and O–H groups in total. The molecule has 2 aliphatic rings. The second-order valence-corrected chi connectivity index (χ2v) is 13.6. The maximum Gasteiger partial charge on any atom is 0.0493 e. The average Bonchev–Trinajstić information content (AvgIpc) is 3.19. The van der Waals surface area contributed by atoms with E-state index in [0.717, 1.165) is 29.9 Å². The Morgan fingerprint density at radius 2 is 1.14 bits per heavy atom. The van der Waals surface area contributed by atoms with Gasteiger partial charge in [-0.05, 0) is 105 Å². The van der Waals surface area contributed by atoms with Crippen LogP contribution in [-0.4, -0.2) is 6.04 Å². The lowest BCUT2D eigenvalue weighted by Gasteiger charge is -2.25. The second kappa shape index (κ2) is 14.8. The van der Waals surface area contributed by atoms with Gasteiger partial charge < -0.3 is 10.6 Å². The van der Waals surface area contributed by atoms with Crippen LogP contribution in [0.4, 0.5) is 11.4 Å². The zero-order valence-corrected chi connectivity index (χ0v) is 29.0. The van der Waals surface area contributed by atoms with E-state index in [-0.39, 0.29) is 6.04 Å². The van der Waals surface area contributed by atoms with Gasteiger partial charge in [0, 0.05) is 28.7 Å². The molecule has 0 spiro atoms. The summed E-state index contributed by atoms with van der Waals surface area (Å²) in [5.74, 6) is 0.535. The van der Waals surface area contributed by atoms with E-state index in [4.69, 9.17) is 0 Å². The first kappa shape index (κ1) is 32.1. The van der Waals surface area contributed by atoms with Crippen LogP contribution in [0, 0.1) is 5.92 Å². The molecule has 0 heterocycles. The van der Waals surface area contributed by atoms with E-state index in [1.807, 2.05) is 0 Å². The Labute approximate surface area is 302 Å². The first-order valence-electron chi connectivity index (χ1n) is 18.0. The summed E-state index contributed by atoms with van der Waals surface area (Å²) < 4.78 is 0. The van der Waals surface area contributed by atoms with Gasteiger partial charge in [-0.3, -0.25) is 0 Å². The highest BCUT2D eigenvalue weighted by Gasteiger charge is 2.19. The number of nitrogens with one attached hydrogen (secondary N) is 2. The Morgan fingerprint density at radius 3 is 1.88 bits per heavy atom. The Morgan fingerprint density at radius 1 is 0.529 bits per heavy atom. The number of benzene rings is 6. The van der Waals surface area contributed by atoms with Crippen molar-refractivity contribution in [2.75, 3.05) is 10.6 Å². The molecule has 248 valence electrons. The standard InChI is InChI=1S/C49H42N2/c1-35-13-10-22-46(29-35)51-49-24-9-8-23-48(49)42-21-12-20-41(31-42)44-32-43(37-16-6-3-7-17-37)33-47(34-44)50-45-27-25-38(26-28-45)40-19-11-18-39(30-40)36-14-4-2-5-15-36/h2-12,14-32,34-35,47,50-51H,13,33H2,1H3. The maximum atomic E-state index is 3.86. The van der Waals surface area contributed by atoms with E-state index in [1.165, 1.54) is 55.7 Å². The fourth-order valence-electron chi connectivity index (χ4n) is 7.20. The summed E-state index contributed by atoms with van der Waals surface area (Å²) in [6, 6.07) is 56.7. The normalized spacial score (nSPS) is 16.8. The van der Waals surface area contributed by atoms with Gasteiger partial charge in [-0.25, -0.2) is 0 Å². The molecular weight excluding hydrogens is 617 g/mol. The summed E-state index contributed by atoms with van der Waals surface area (Å²) in [4.78, 5) is 0. The predicted molar refractivity (Wildman–Crippen MR) is 218 cm³/mol. The predicted octanol–water partition coefficient (Wildman–Crippen LogP) is 12.9. The third kappa shape index (κ3) is 7.56. The molecule has 0 saturated heterocycles. The van der Waals surface area contributed by atoms with Crippen LogP contribution in [0.2, 0.25) is 0 Å². The molecule has 2 heteroatoms. The van der Waals surface area contributed by atoms with E-state index in [0.29, 0.717) is 5.92 Å². The van der Waals surface area contributed by atoms with Gasteiger partial charge in [0.25, 0.3) is 0 Å². The Balaban J connectivity index is 1.07. The highest BCUT2D eigenvalue weighted by Crippen LogP contribution is 2.36. The SMILES string of the molecule is CC1C=C(Nc2ccccc2-c2cccc(C3=CC(Nc4ccc(-c5cccc(-c6ccccc6)c5)cc4)CC(c4ccccc4)=C3)c2)C=CC1. The Bertz CT molecular complexity index is 2260. The first-order valence-corrected chi connectivity index (χ1v) is 18.0. The monoisotopic (exact) mass is 658 g/mol. The van der Waals surface area contributed by atoms with Crippen molar-refractivity contribution in [3.8, 4) is 33.4 Å². The van der Waals surface area contributed by atoms with E-state index in [9.17, 15) is 0 Å². The van der Waals surface area contributed by atoms with Gasteiger partial charge in [0.15, 0.2) is 0 Å². The summed E-state index contributed by atoms with van der Waals surface area (Å²) in [5.41, 5.74) is 15.7. The summed E-state index contributed by atoms with van der Waals surface area (Å²) in [7, 11) is 0. The van der Waals surface area contributed by atoms with Crippen molar-refractivity contribution in [3.63, 3.8) is 0 Å². The molecule has 0 bridgehead atoms. The maximum absolute atomic E-state index is 3.86. The van der Waals surface area contributed by atoms with Crippen LogP contribution in [0.5, 0.6) is 0 Å². The number of rotatable bonds is 9. The van der Waals surface area contributed by atoms with Crippen LogP contribution in [0.25, 0.3) is 44.5 Å². The van der Waals surface area contributed by atoms with E-state index in [1.54, 1.807) is 0 Å². The zero-order valence-electron chi connectivity index (χ0n) is 29.0. The van der Waals surface area contributed by atoms with Crippen LogP contribution in [0.1, 0.15) is 30.9 Å². The van der Waals surface area contributed by atoms with Gasteiger partial charge in [0.05, 0.1) is 0 Å². The molecule has 8 rings (SSSR count). The lowest BCUT2D eigenvalue weighted by Crippen LogP contribution is -2.20. The molecule has 2 aliphatic carbocycles. The Kier molecular flexibility index (Phi) is 9.31. The van der Waals surface area contributed by atoms with E-state index in [2.05, 4.69) is 206 Å². The summed E-state index contributed by atoms with van der Waals surface area (Å²) in [5, 5.41) is 7.56. The fourth-order valence-corrected chi connectivity index (χ4v) is 7.20. The molecule has 2 unspecified atom stereocenters. The van der Waals surface area contributed by atoms with E-state index < -0.39 is 0 Å². The summed E-state index contributed by atoms with van der Waals surface area (Å²) in [6.45, 7) is 2.26. The van der Waals surface area contributed by atoms with Gasteiger partial charge in [-0.15, -0.1) is 0 Å². The van der Waals surface area contributed by atoms with Crippen molar-refractivity contribution in [1.29, 1.82) is 0 Å². The lowest BCUT2D eigenvalue weighted by molar-refractivity contribution is 0.730. The van der Waals surface area contributed by atoms with Crippen molar-refractivity contribution in [2.24, 2.45) is 5.92 Å². The summed E-state index contributed by atoms with van der Waals surface area (Å²) >= 11 is 0. The first-order chi connectivity index (χ1) is 25.1. The Hall–Kier alpha value is -6.12. The number of para-hydroxylation sites is 1. The van der Waals surface area contributed by atoms with Crippen molar-refractivity contribution >= 4 is 22.5 Å². The molecule has 51 heavy (non-hydrogen) atoms. The number of allylic oxidation sites excluding steroid dienone is 5. The highest BCUT2D eigenvalue weighted by atomic mass is 14.9.